The third-order valence-electron chi connectivity index (χ3n) is 4.71. The van der Waals surface area contributed by atoms with Gasteiger partial charge in [-0.3, -0.25) is 14.5 Å². The lowest BCUT2D eigenvalue weighted by Gasteiger charge is -2.20. The summed E-state index contributed by atoms with van der Waals surface area (Å²) in [6, 6.07) is -1.03. The summed E-state index contributed by atoms with van der Waals surface area (Å²) in [6.45, 7) is 1.40. The maximum Gasteiger partial charge on any atom is 0.326 e. The molecule has 5 nitrogen and oxygen atoms in total. The molecule has 0 unspecified atom stereocenters. The first-order valence-corrected chi connectivity index (χ1v) is 6.12. The van der Waals surface area contributed by atoms with Crippen LogP contribution in [0.15, 0.2) is 0 Å². The number of hydrogen-bond donors (Lipinski definition) is 1. The van der Waals surface area contributed by atoms with E-state index in [1.54, 1.807) is 0 Å². The summed E-state index contributed by atoms with van der Waals surface area (Å²) >= 11 is 0. The summed E-state index contributed by atoms with van der Waals surface area (Å²) in [4.78, 5) is 36.3. The maximum absolute atomic E-state index is 12.2. The van der Waals surface area contributed by atoms with Gasteiger partial charge in [0.15, 0.2) is 0 Å². The molecule has 1 heterocycles. The zero-order valence-corrected chi connectivity index (χ0v) is 9.63. The summed E-state index contributed by atoms with van der Waals surface area (Å²) in [7, 11) is 0. The van der Waals surface area contributed by atoms with Gasteiger partial charge in [-0.15, -0.1) is 0 Å². The first kappa shape index (κ1) is 10.7. The molecule has 0 aromatic rings. The van der Waals surface area contributed by atoms with Crippen LogP contribution < -0.4 is 0 Å². The molecule has 2 bridgehead atoms. The number of amides is 2. The van der Waals surface area contributed by atoms with Crippen LogP contribution in [-0.2, 0) is 14.4 Å². The second kappa shape index (κ2) is 3.31. The van der Waals surface area contributed by atoms with Gasteiger partial charge >= 0.3 is 5.97 Å². The van der Waals surface area contributed by atoms with Crippen molar-refractivity contribution < 1.29 is 19.5 Å². The highest BCUT2D eigenvalue weighted by atomic mass is 16.4. The van der Waals surface area contributed by atoms with Crippen LogP contribution in [0.1, 0.15) is 26.2 Å². The number of nitrogens with zero attached hydrogens (tertiary/aromatic N) is 1. The third kappa shape index (κ3) is 1.22. The fraction of sp³-hybridized carbons (Fsp3) is 0.750. The van der Waals surface area contributed by atoms with Gasteiger partial charge in [0, 0.05) is 0 Å². The van der Waals surface area contributed by atoms with E-state index in [4.69, 9.17) is 5.11 Å². The Labute approximate surface area is 98.8 Å². The minimum absolute atomic E-state index is 0.219. The molecule has 1 N–H and O–H groups in total. The molecule has 3 rings (SSSR count). The van der Waals surface area contributed by atoms with E-state index in [-0.39, 0.29) is 23.7 Å². The van der Waals surface area contributed by atoms with Crippen molar-refractivity contribution in [1.82, 2.24) is 4.90 Å². The molecule has 1 saturated heterocycles. The topological polar surface area (TPSA) is 74.7 Å². The molecule has 0 aromatic heterocycles. The SMILES string of the molecule is C[C@H](C(=O)O)N1C(=O)[C@H]2[C@@H]3CC[C@@H](C3)[C@@H]2C1=O. The zero-order chi connectivity index (χ0) is 12.3. The summed E-state index contributed by atoms with van der Waals surface area (Å²) in [5.74, 6) is -1.42. The summed E-state index contributed by atoms with van der Waals surface area (Å²) in [5, 5.41) is 8.94. The average molecular weight is 237 g/mol. The molecule has 3 fully saturated rings. The largest absolute Gasteiger partial charge is 0.480 e. The van der Waals surface area contributed by atoms with Gasteiger partial charge in [0.1, 0.15) is 6.04 Å². The number of fused-ring (bicyclic) bond motifs is 5. The second-order valence-corrected chi connectivity index (χ2v) is 5.45. The molecule has 17 heavy (non-hydrogen) atoms. The van der Waals surface area contributed by atoms with Crippen LogP contribution in [0.5, 0.6) is 0 Å². The van der Waals surface area contributed by atoms with E-state index in [1.807, 2.05) is 0 Å². The van der Waals surface area contributed by atoms with Crippen molar-refractivity contribution in [1.29, 1.82) is 0 Å². The molecule has 3 aliphatic rings. The monoisotopic (exact) mass is 237 g/mol. The number of carboxylic acid groups (broad SMARTS) is 1. The lowest BCUT2D eigenvalue weighted by molar-refractivity contribution is -0.154. The molecule has 0 aromatic carbocycles. The van der Waals surface area contributed by atoms with Gasteiger partial charge in [-0.05, 0) is 38.0 Å². The van der Waals surface area contributed by atoms with Gasteiger partial charge in [-0.1, -0.05) is 0 Å². The molecule has 1 aliphatic heterocycles. The van der Waals surface area contributed by atoms with E-state index in [0.717, 1.165) is 24.2 Å². The molecular weight excluding hydrogens is 222 g/mol. The van der Waals surface area contributed by atoms with E-state index < -0.39 is 12.0 Å². The van der Waals surface area contributed by atoms with Crippen LogP contribution in [0.2, 0.25) is 0 Å². The number of carbonyl (C=O) groups is 3. The van der Waals surface area contributed by atoms with E-state index in [1.165, 1.54) is 6.92 Å². The minimum Gasteiger partial charge on any atom is -0.480 e. The Balaban J connectivity index is 1.93. The summed E-state index contributed by atoms with van der Waals surface area (Å²) in [6.07, 6.45) is 3.00. The Morgan fingerprint density at radius 3 is 2.12 bits per heavy atom. The van der Waals surface area contributed by atoms with E-state index in [0.29, 0.717) is 11.8 Å². The smallest absolute Gasteiger partial charge is 0.326 e. The van der Waals surface area contributed by atoms with Crippen LogP contribution in [0.4, 0.5) is 0 Å². The van der Waals surface area contributed by atoms with Crippen molar-refractivity contribution in [3.05, 3.63) is 0 Å². The molecule has 92 valence electrons. The van der Waals surface area contributed by atoms with Crippen LogP contribution >= 0.6 is 0 Å². The lowest BCUT2D eigenvalue weighted by atomic mass is 9.81. The fourth-order valence-corrected chi connectivity index (χ4v) is 3.92. The maximum atomic E-state index is 12.2. The number of aliphatic carboxylic acids is 1. The van der Waals surface area contributed by atoms with Crippen molar-refractivity contribution >= 4 is 17.8 Å². The van der Waals surface area contributed by atoms with Gasteiger partial charge in [0.05, 0.1) is 11.8 Å². The van der Waals surface area contributed by atoms with E-state index in [9.17, 15) is 14.4 Å². The normalized spacial score (nSPS) is 40.9. The number of carboxylic acids is 1. The summed E-state index contributed by atoms with van der Waals surface area (Å²) in [5.41, 5.74) is 0. The Kier molecular flexibility index (Phi) is 2.09. The Morgan fingerprint density at radius 1 is 1.24 bits per heavy atom. The Morgan fingerprint density at radius 2 is 1.71 bits per heavy atom. The van der Waals surface area contributed by atoms with Gasteiger partial charge < -0.3 is 5.11 Å². The third-order valence-corrected chi connectivity index (χ3v) is 4.71. The molecular formula is C12H15NO4. The fourth-order valence-electron chi connectivity index (χ4n) is 3.92. The number of carbonyl (C=O) groups excluding carboxylic acids is 2. The minimum atomic E-state index is -1.11. The standard InChI is InChI=1S/C12H15NO4/c1-5(12(16)17)13-10(14)8-6-2-3-7(4-6)9(8)11(13)15/h5-9H,2-4H2,1H3,(H,16,17)/t5-,6-,7+,8+,9+/m1/s1. The van der Waals surface area contributed by atoms with Crippen LogP contribution in [0.3, 0.4) is 0 Å². The lowest BCUT2D eigenvalue weighted by Crippen LogP contribution is -2.44. The predicted octanol–water partition coefficient (Wildman–Crippen LogP) is 0.491. The number of rotatable bonds is 2. The van der Waals surface area contributed by atoms with Crippen LogP contribution in [-0.4, -0.2) is 33.8 Å². The number of hydrogen-bond acceptors (Lipinski definition) is 3. The van der Waals surface area contributed by atoms with Gasteiger partial charge in [-0.2, -0.15) is 0 Å². The van der Waals surface area contributed by atoms with Crippen LogP contribution in [0.25, 0.3) is 0 Å². The van der Waals surface area contributed by atoms with E-state index >= 15 is 0 Å². The molecule has 0 radical (unpaired) electrons. The summed E-state index contributed by atoms with van der Waals surface area (Å²) < 4.78 is 0. The Hall–Kier alpha value is -1.39. The molecule has 0 spiro atoms. The molecule has 2 aliphatic carbocycles. The average Bonchev–Trinajstić information content (AvgIpc) is 2.92. The zero-order valence-electron chi connectivity index (χ0n) is 9.63. The van der Waals surface area contributed by atoms with Gasteiger partial charge in [0.25, 0.3) is 0 Å². The Bertz CT molecular complexity index is 391. The number of likely N-dealkylation sites (tertiary alicyclic amines) is 1. The van der Waals surface area contributed by atoms with Crippen molar-refractivity contribution in [2.75, 3.05) is 0 Å². The molecule has 2 amide bonds. The van der Waals surface area contributed by atoms with Crippen molar-refractivity contribution in [2.24, 2.45) is 23.7 Å². The van der Waals surface area contributed by atoms with Gasteiger partial charge in [-0.25, -0.2) is 4.79 Å². The van der Waals surface area contributed by atoms with Crippen molar-refractivity contribution in [3.8, 4) is 0 Å². The van der Waals surface area contributed by atoms with Crippen molar-refractivity contribution in [2.45, 2.75) is 32.2 Å². The number of imide groups is 1. The molecule has 5 heteroatoms. The highest BCUT2D eigenvalue weighted by Crippen LogP contribution is 2.56. The molecule has 5 atom stereocenters. The second-order valence-electron chi connectivity index (χ2n) is 5.45. The quantitative estimate of drug-likeness (QED) is 0.709. The first-order valence-electron chi connectivity index (χ1n) is 6.12. The molecule has 2 saturated carbocycles. The van der Waals surface area contributed by atoms with E-state index in [2.05, 4.69) is 0 Å². The first-order chi connectivity index (χ1) is 8.02. The van der Waals surface area contributed by atoms with Gasteiger partial charge in [0.2, 0.25) is 11.8 Å². The predicted molar refractivity (Wildman–Crippen MR) is 56.8 cm³/mol. The highest BCUT2D eigenvalue weighted by molar-refractivity contribution is 6.08. The van der Waals surface area contributed by atoms with Crippen molar-refractivity contribution in [3.63, 3.8) is 0 Å². The highest BCUT2D eigenvalue weighted by Gasteiger charge is 2.62. The van der Waals surface area contributed by atoms with Crippen LogP contribution in [0, 0.1) is 23.7 Å².